The summed E-state index contributed by atoms with van der Waals surface area (Å²) in [5.41, 5.74) is 5.65. The van der Waals surface area contributed by atoms with Gasteiger partial charge in [-0.05, 0) is 32.6 Å². The molecule has 0 saturated heterocycles. The Balaban J connectivity index is -0.00000105. The number of hydrogen-bond acceptors (Lipinski definition) is 5. The Hall–Kier alpha value is -2.00. The minimum atomic E-state index is -0.955. The predicted octanol–water partition coefficient (Wildman–Crippen LogP) is 1.93. The van der Waals surface area contributed by atoms with Crippen LogP contribution in [-0.4, -0.2) is 80.0 Å². The highest BCUT2D eigenvalue weighted by atomic mass is 16.4. The number of carboxylic acid groups (broad SMARTS) is 1. The SMILES string of the molecule is CC(C)C.CC(N)CCCCNC(=O)CCC(=O)NC(CC(=O)O)C[N+](C)(C)C.CC=O. The van der Waals surface area contributed by atoms with Gasteiger partial charge in [-0.15, -0.1) is 0 Å². The zero-order chi connectivity index (χ0) is 25.7. The van der Waals surface area contributed by atoms with Crippen LogP contribution in [0.4, 0.5) is 0 Å². The molecule has 0 aromatic rings. The van der Waals surface area contributed by atoms with Crippen molar-refractivity contribution in [2.24, 2.45) is 11.7 Å². The van der Waals surface area contributed by atoms with Gasteiger partial charge in [0.2, 0.25) is 11.8 Å². The van der Waals surface area contributed by atoms with Crippen LogP contribution < -0.4 is 16.4 Å². The van der Waals surface area contributed by atoms with Crippen molar-refractivity contribution in [1.29, 1.82) is 0 Å². The monoisotopic (exact) mass is 461 g/mol. The number of nitrogens with zero attached hydrogens (tertiary/aromatic N) is 1. The Morgan fingerprint density at radius 1 is 1.00 bits per heavy atom. The number of carbonyl (C=O) groups excluding carboxylic acids is 3. The fraction of sp³-hybridized carbons (Fsp3) is 0.826. The Kier molecular flexibility index (Phi) is 22.6. The van der Waals surface area contributed by atoms with E-state index in [9.17, 15) is 14.4 Å². The summed E-state index contributed by atoms with van der Waals surface area (Å²) in [6, 6.07) is -0.281. The van der Waals surface area contributed by atoms with Crippen molar-refractivity contribution in [3.63, 3.8) is 0 Å². The minimum absolute atomic E-state index is 0.0545. The molecule has 0 aliphatic rings. The van der Waals surface area contributed by atoms with Gasteiger partial charge in [0, 0.05) is 25.4 Å². The summed E-state index contributed by atoms with van der Waals surface area (Å²) in [6.45, 7) is 11.0. The number of nitrogens with two attached hydrogens (primary N) is 1. The van der Waals surface area contributed by atoms with Crippen LogP contribution >= 0.6 is 0 Å². The summed E-state index contributed by atoms with van der Waals surface area (Å²) in [5, 5.41) is 14.5. The van der Waals surface area contributed by atoms with E-state index in [1.54, 1.807) is 0 Å². The number of nitrogens with one attached hydrogen (secondary N) is 2. The van der Waals surface area contributed by atoms with Crippen molar-refractivity contribution in [1.82, 2.24) is 10.6 Å². The van der Waals surface area contributed by atoms with Crippen LogP contribution in [-0.2, 0) is 19.2 Å². The van der Waals surface area contributed by atoms with Crippen LogP contribution in [0.1, 0.15) is 73.1 Å². The van der Waals surface area contributed by atoms with Crippen LogP contribution in [0.15, 0.2) is 0 Å². The smallest absolute Gasteiger partial charge is 0.305 e. The van der Waals surface area contributed by atoms with Crippen LogP contribution in [0, 0.1) is 5.92 Å². The molecule has 0 aliphatic heterocycles. The molecule has 2 unspecified atom stereocenters. The number of hydrogen-bond donors (Lipinski definition) is 4. The van der Waals surface area contributed by atoms with E-state index in [1.807, 2.05) is 28.1 Å². The molecule has 0 rings (SSSR count). The number of rotatable bonds is 13. The van der Waals surface area contributed by atoms with Gasteiger partial charge in [-0.1, -0.05) is 27.2 Å². The van der Waals surface area contributed by atoms with Gasteiger partial charge in [-0.25, -0.2) is 0 Å². The molecule has 9 heteroatoms. The van der Waals surface area contributed by atoms with Gasteiger partial charge in [0.15, 0.2) is 0 Å². The fourth-order valence-electron chi connectivity index (χ4n) is 2.47. The predicted molar refractivity (Wildman–Crippen MR) is 129 cm³/mol. The number of quaternary nitrogens is 1. The van der Waals surface area contributed by atoms with Gasteiger partial charge >= 0.3 is 5.97 Å². The van der Waals surface area contributed by atoms with Crippen LogP contribution in [0.3, 0.4) is 0 Å². The molecule has 0 aromatic heterocycles. The molecule has 0 spiro atoms. The largest absolute Gasteiger partial charge is 0.481 e. The van der Waals surface area contributed by atoms with E-state index in [0.717, 1.165) is 31.5 Å². The summed E-state index contributed by atoms with van der Waals surface area (Å²) >= 11 is 0. The number of carbonyl (C=O) groups is 4. The third-order valence-electron chi connectivity index (χ3n) is 3.54. The zero-order valence-corrected chi connectivity index (χ0v) is 21.6. The first-order valence-corrected chi connectivity index (χ1v) is 11.4. The van der Waals surface area contributed by atoms with E-state index in [-0.39, 0.29) is 37.1 Å². The van der Waals surface area contributed by atoms with Crippen LogP contribution in [0.5, 0.6) is 0 Å². The minimum Gasteiger partial charge on any atom is -0.481 e. The Morgan fingerprint density at radius 3 is 1.88 bits per heavy atom. The molecular formula is C23H49N4O5+. The lowest BCUT2D eigenvalue weighted by molar-refractivity contribution is -0.871. The molecule has 2 amide bonds. The maximum absolute atomic E-state index is 12.0. The summed E-state index contributed by atoms with van der Waals surface area (Å²) in [6.07, 6.45) is 3.52. The lowest BCUT2D eigenvalue weighted by Gasteiger charge is -2.29. The first kappa shape index (κ1) is 34.6. The standard InChI is InChI=1S/C17H34N4O4.C4H10.C2H4O/c1-13(18)7-5-6-10-19-15(22)8-9-16(23)20-14(11-17(24)25)12-21(2,3)4;1-4(2)3;1-2-3/h13-14H,5-12,18H2,1-4H3,(H2-,19,20,22,23,24,25);4H,1-3H3;2H,1H3/p+1. The molecule has 5 N–H and O–H groups in total. The highest BCUT2D eigenvalue weighted by Crippen LogP contribution is 2.02. The Morgan fingerprint density at radius 2 is 1.47 bits per heavy atom. The molecule has 2 atom stereocenters. The maximum atomic E-state index is 12.0. The highest BCUT2D eigenvalue weighted by molar-refractivity contribution is 5.84. The van der Waals surface area contributed by atoms with E-state index in [2.05, 4.69) is 31.4 Å². The second kappa shape index (κ2) is 20.9. The third-order valence-corrected chi connectivity index (χ3v) is 3.54. The average molecular weight is 462 g/mol. The fourth-order valence-corrected chi connectivity index (χ4v) is 2.47. The van der Waals surface area contributed by atoms with Crippen molar-refractivity contribution in [3.8, 4) is 0 Å². The molecule has 32 heavy (non-hydrogen) atoms. The third kappa shape index (κ3) is 35.4. The number of unbranched alkanes of at least 4 members (excludes halogenated alkanes) is 1. The van der Waals surface area contributed by atoms with Gasteiger partial charge in [0.05, 0.1) is 40.2 Å². The maximum Gasteiger partial charge on any atom is 0.305 e. The molecule has 0 radical (unpaired) electrons. The summed E-state index contributed by atoms with van der Waals surface area (Å²) in [5.74, 6) is -0.590. The van der Waals surface area contributed by atoms with Gasteiger partial charge in [-0.2, -0.15) is 0 Å². The van der Waals surface area contributed by atoms with E-state index >= 15 is 0 Å². The summed E-state index contributed by atoms with van der Waals surface area (Å²) in [7, 11) is 5.79. The lowest BCUT2D eigenvalue weighted by Crippen LogP contribution is -2.49. The summed E-state index contributed by atoms with van der Waals surface area (Å²) in [4.78, 5) is 43.4. The number of carboxylic acids is 1. The van der Waals surface area contributed by atoms with E-state index in [1.165, 1.54) is 6.92 Å². The Bertz CT molecular complexity index is 514. The van der Waals surface area contributed by atoms with E-state index in [0.29, 0.717) is 17.6 Å². The van der Waals surface area contributed by atoms with E-state index < -0.39 is 12.0 Å². The molecule has 0 aromatic carbocycles. The number of amides is 2. The molecule has 0 saturated carbocycles. The highest BCUT2D eigenvalue weighted by Gasteiger charge is 2.22. The van der Waals surface area contributed by atoms with Crippen molar-refractivity contribution in [2.75, 3.05) is 34.2 Å². The molecular weight excluding hydrogens is 412 g/mol. The first-order chi connectivity index (χ1) is 14.6. The molecule has 0 fully saturated rings. The van der Waals surface area contributed by atoms with Crippen LogP contribution in [0.25, 0.3) is 0 Å². The van der Waals surface area contributed by atoms with Crippen molar-refractivity contribution < 1.29 is 28.8 Å². The van der Waals surface area contributed by atoms with Crippen molar-refractivity contribution >= 4 is 24.1 Å². The topological polar surface area (TPSA) is 139 Å². The number of likely N-dealkylation sites (N-methyl/N-ethyl adjacent to an activating group) is 1. The first-order valence-electron chi connectivity index (χ1n) is 11.4. The Labute approximate surface area is 195 Å². The number of aldehydes is 1. The van der Waals surface area contributed by atoms with E-state index in [4.69, 9.17) is 15.6 Å². The van der Waals surface area contributed by atoms with Gasteiger partial charge in [-0.3, -0.25) is 14.4 Å². The van der Waals surface area contributed by atoms with Crippen LogP contribution in [0.2, 0.25) is 0 Å². The molecule has 9 nitrogen and oxygen atoms in total. The normalized spacial score (nSPS) is 12.3. The molecule has 0 heterocycles. The average Bonchev–Trinajstić information content (AvgIpc) is 2.57. The van der Waals surface area contributed by atoms with Crippen molar-refractivity contribution in [3.05, 3.63) is 0 Å². The number of aliphatic carboxylic acids is 1. The lowest BCUT2D eigenvalue weighted by atomic mass is 10.1. The molecule has 0 aliphatic carbocycles. The second-order valence-electron chi connectivity index (χ2n) is 9.63. The van der Waals surface area contributed by atoms with Gasteiger partial charge in [0.25, 0.3) is 0 Å². The van der Waals surface area contributed by atoms with Crippen molar-refractivity contribution in [2.45, 2.75) is 85.2 Å². The molecule has 190 valence electrons. The quantitative estimate of drug-likeness (QED) is 0.188. The van der Waals surface area contributed by atoms with Gasteiger partial charge in [0.1, 0.15) is 6.29 Å². The van der Waals surface area contributed by atoms with Gasteiger partial charge < -0.3 is 30.8 Å². The molecule has 0 bridgehead atoms. The zero-order valence-electron chi connectivity index (χ0n) is 21.6. The second-order valence-corrected chi connectivity index (χ2v) is 9.63. The summed E-state index contributed by atoms with van der Waals surface area (Å²) < 4.78 is 0.542.